The number of nitrogens with zero attached hydrogens (tertiary/aromatic N) is 1. The molecule has 0 aromatic heterocycles. The summed E-state index contributed by atoms with van der Waals surface area (Å²) in [5.41, 5.74) is 3.19. The van der Waals surface area contributed by atoms with Gasteiger partial charge in [-0.25, -0.2) is 0 Å². The molecule has 24 heavy (non-hydrogen) atoms. The van der Waals surface area contributed by atoms with Gasteiger partial charge < -0.3 is 5.21 Å². The van der Waals surface area contributed by atoms with Gasteiger partial charge in [0.25, 0.3) is 0 Å². The molecule has 2 heteroatoms. The SMILES string of the molecule is CCC1CC2=C/C(=N/O)CCC2C2CCC3(C)C(C)C4CC4C3C12. The summed E-state index contributed by atoms with van der Waals surface area (Å²) in [5, 5.41) is 12.7. The monoisotopic (exact) mass is 327 g/mol. The number of rotatable bonds is 1. The molecule has 1 N–H and O–H groups in total. The van der Waals surface area contributed by atoms with Gasteiger partial charge in [-0.05, 0) is 97.4 Å². The van der Waals surface area contributed by atoms with Crippen molar-refractivity contribution in [2.75, 3.05) is 0 Å². The van der Waals surface area contributed by atoms with Crippen LogP contribution in [0.5, 0.6) is 0 Å². The molecule has 0 radical (unpaired) electrons. The average molecular weight is 328 g/mol. The molecule has 0 bridgehead atoms. The zero-order chi connectivity index (χ0) is 16.6. The maximum absolute atomic E-state index is 9.21. The number of oxime groups is 1. The Labute approximate surface area is 146 Å². The third-order valence-corrected chi connectivity index (χ3v) is 9.47. The lowest BCUT2D eigenvalue weighted by molar-refractivity contribution is -0.0632. The largest absolute Gasteiger partial charge is 0.411 e. The molecule has 4 fully saturated rings. The highest BCUT2D eigenvalue weighted by Gasteiger charge is 2.68. The van der Waals surface area contributed by atoms with Gasteiger partial charge in [0, 0.05) is 0 Å². The predicted molar refractivity (Wildman–Crippen MR) is 97.0 cm³/mol. The van der Waals surface area contributed by atoms with Crippen LogP contribution in [0.3, 0.4) is 0 Å². The number of hydrogen-bond donors (Lipinski definition) is 1. The lowest BCUT2D eigenvalue weighted by Gasteiger charge is -2.57. The average Bonchev–Trinajstić information content (AvgIpc) is 3.35. The first-order valence-corrected chi connectivity index (χ1v) is 10.5. The van der Waals surface area contributed by atoms with Crippen LogP contribution in [0.4, 0.5) is 0 Å². The van der Waals surface area contributed by atoms with E-state index in [1.165, 1.54) is 38.5 Å². The summed E-state index contributed by atoms with van der Waals surface area (Å²) in [6.07, 6.45) is 11.5. The molecule has 0 saturated heterocycles. The van der Waals surface area contributed by atoms with Crippen LogP contribution in [0.15, 0.2) is 16.8 Å². The molecule has 4 saturated carbocycles. The Hall–Kier alpha value is -0.790. The van der Waals surface area contributed by atoms with E-state index in [1.54, 1.807) is 5.57 Å². The molecular formula is C22H33NO. The molecule has 0 aliphatic heterocycles. The van der Waals surface area contributed by atoms with Crippen LogP contribution in [0, 0.1) is 52.8 Å². The molecule has 0 heterocycles. The van der Waals surface area contributed by atoms with Crippen molar-refractivity contribution in [1.82, 2.24) is 0 Å². The van der Waals surface area contributed by atoms with Crippen LogP contribution in [-0.2, 0) is 0 Å². The molecular weight excluding hydrogens is 294 g/mol. The van der Waals surface area contributed by atoms with Crippen molar-refractivity contribution in [2.45, 2.75) is 65.7 Å². The van der Waals surface area contributed by atoms with Gasteiger partial charge in [-0.2, -0.15) is 0 Å². The second-order valence-electron chi connectivity index (χ2n) is 9.99. The lowest BCUT2D eigenvalue weighted by Crippen LogP contribution is -2.51. The Bertz CT molecular complexity index is 607. The van der Waals surface area contributed by atoms with E-state index < -0.39 is 0 Å². The Morgan fingerprint density at radius 2 is 2.08 bits per heavy atom. The second kappa shape index (κ2) is 5.11. The Morgan fingerprint density at radius 3 is 2.83 bits per heavy atom. The predicted octanol–water partition coefficient (Wildman–Crippen LogP) is 5.52. The standard InChI is InChI=1S/C22H33NO/c1-4-13-9-14-10-15(23-24)5-6-16(14)17-7-8-22(3)12(2)18-11-19(18)21(22)20(13)17/h10,12-13,16-21,24H,4-9,11H2,1-3H3/b23-15+. The first-order chi connectivity index (χ1) is 11.6. The van der Waals surface area contributed by atoms with E-state index in [0.29, 0.717) is 5.41 Å². The fourth-order valence-corrected chi connectivity index (χ4v) is 8.19. The summed E-state index contributed by atoms with van der Waals surface area (Å²) in [6, 6.07) is 0. The Morgan fingerprint density at radius 1 is 1.25 bits per heavy atom. The maximum Gasteiger partial charge on any atom is 0.0795 e. The quantitative estimate of drug-likeness (QED) is 0.499. The molecule has 0 aromatic carbocycles. The highest BCUT2D eigenvalue weighted by molar-refractivity contribution is 5.96. The minimum absolute atomic E-state index is 0.635. The van der Waals surface area contributed by atoms with Crippen LogP contribution in [-0.4, -0.2) is 10.9 Å². The summed E-state index contributed by atoms with van der Waals surface area (Å²) in [6.45, 7) is 7.64. The van der Waals surface area contributed by atoms with Crippen molar-refractivity contribution in [2.24, 2.45) is 57.9 Å². The summed E-state index contributed by atoms with van der Waals surface area (Å²) in [4.78, 5) is 0. The first kappa shape index (κ1) is 15.5. The van der Waals surface area contributed by atoms with Crippen molar-refractivity contribution in [3.8, 4) is 0 Å². The minimum atomic E-state index is 0.635. The van der Waals surface area contributed by atoms with Crippen molar-refractivity contribution >= 4 is 5.71 Å². The molecule has 0 spiro atoms. The molecule has 9 atom stereocenters. The van der Waals surface area contributed by atoms with Gasteiger partial charge in [0.05, 0.1) is 5.71 Å². The van der Waals surface area contributed by atoms with Crippen LogP contribution in [0.2, 0.25) is 0 Å². The second-order valence-corrected chi connectivity index (χ2v) is 9.99. The third kappa shape index (κ3) is 1.86. The molecule has 0 amide bonds. The van der Waals surface area contributed by atoms with E-state index in [-0.39, 0.29) is 0 Å². The topological polar surface area (TPSA) is 32.6 Å². The normalized spacial score (nSPS) is 56.8. The van der Waals surface area contributed by atoms with Gasteiger partial charge in [-0.15, -0.1) is 0 Å². The zero-order valence-corrected chi connectivity index (χ0v) is 15.5. The summed E-state index contributed by atoms with van der Waals surface area (Å²) in [5.74, 6) is 7.65. The van der Waals surface area contributed by atoms with E-state index in [9.17, 15) is 5.21 Å². The maximum atomic E-state index is 9.21. The minimum Gasteiger partial charge on any atom is -0.411 e. The van der Waals surface area contributed by atoms with Crippen molar-refractivity contribution in [3.05, 3.63) is 11.6 Å². The van der Waals surface area contributed by atoms with Gasteiger partial charge in [0.2, 0.25) is 0 Å². The highest BCUT2D eigenvalue weighted by Crippen LogP contribution is 2.75. The molecule has 132 valence electrons. The van der Waals surface area contributed by atoms with Gasteiger partial charge in [0.1, 0.15) is 0 Å². The lowest BCUT2D eigenvalue weighted by atomic mass is 9.47. The number of hydrogen-bond acceptors (Lipinski definition) is 2. The third-order valence-electron chi connectivity index (χ3n) is 9.47. The van der Waals surface area contributed by atoms with Crippen molar-refractivity contribution in [1.29, 1.82) is 0 Å². The summed E-state index contributed by atoms with van der Waals surface area (Å²) >= 11 is 0. The van der Waals surface area contributed by atoms with Gasteiger partial charge in [-0.1, -0.05) is 37.9 Å². The van der Waals surface area contributed by atoms with Gasteiger partial charge >= 0.3 is 0 Å². The first-order valence-electron chi connectivity index (χ1n) is 10.5. The summed E-state index contributed by atoms with van der Waals surface area (Å²) < 4.78 is 0. The van der Waals surface area contributed by atoms with E-state index >= 15 is 0 Å². The van der Waals surface area contributed by atoms with Crippen LogP contribution in [0.1, 0.15) is 65.7 Å². The molecule has 9 unspecified atom stereocenters. The Balaban J connectivity index is 1.53. The van der Waals surface area contributed by atoms with Gasteiger partial charge in [0.15, 0.2) is 0 Å². The zero-order valence-electron chi connectivity index (χ0n) is 15.5. The molecule has 5 aliphatic carbocycles. The molecule has 5 rings (SSSR count). The van der Waals surface area contributed by atoms with Crippen LogP contribution < -0.4 is 0 Å². The Kier molecular flexibility index (Phi) is 3.29. The smallest absolute Gasteiger partial charge is 0.0795 e. The molecule has 2 nitrogen and oxygen atoms in total. The van der Waals surface area contributed by atoms with E-state index in [0.717, 1.165) is 59.5 Å². The summed E-state index contributed by atoms with van der Waals surface area (Å²) in [7, 11) is 0. The van der Waals surface area contributed by atoms with Crippen LogP contribution in [0.25, 0.3) is 0 Å². The fraction of sp³-hybridized carbons (Fsp3) is 0.864. The molecule has 5 aliphatic rings. The van der Waals surface area contributed by atoms with E-state index in [2.05, 4.69) is 32.0 Å². The van der Waals surface area contributed by atoms with Crippen LogP contribution >= 0.6 is 0 Å². The van der Waals surface area contributed by atoms with E-state index in [1.807, 2.05) is 0 Å². The number of fused-ring (bicyclic) bond motifs is 7. The van der Waals surface area contributed by atoms with Crippen molar-refractivity contribution < 1.29 is 5.21 Å². The van der Waals surface area contributed by atoms with E-state index in [4.69, 9.17) is 0 Å². The number of allylic oxidation sites excluding steroid dienone is 2. The molecule has 0 aromatic rings. The fourth-order valence-electron chi connectivity index (χ4n) is 8.19. The van der Waals surface area contributed by atoms with Gasteiger partial charge in [-0.3, -0.25) is 0 Å². The highest BCUT2D eigenvalue weighted by atomic mass is 16.4. The van der Waals surface area contributed by atoms with Crippen molar-refractivity contribution in [3.63, 3.8) is 0 Å².